The summed E-state index contributed by atoms with van der Waals surface area (Å²) < 4.78 is 12.2. The molecule has 6 heteroatoms. The molecule has 122 valence electrons. The van der Waals surface area contributed by atoms with Gasteiger partial charge in [0.25, 0.3) is 5.56 Å². The van der Waals surface area contributed by atoms with Crippen molar-refractivity contribution in [2.45, 2.75) is 25.9 Å². The summed E-state index contributed by atoms with van der Waals surface area (Å²) in [5.41, 5.74) is 1.64. The summed E-state index contributed by atoms with van der Waals surface area (Å²) >= 11 is 0. The van der Waals surface area contributed by atoms with Crippen molar-refractivity contribution in [2.24, 2.45) is 5.92 Å². The number of fused-ring (bicyclic) bond motifs is 1. The van der Waals surface area contributed by atoms with Crippen molar-refractivity contribution in [3.05, 3.63) is 70.2 Å². The number of rotatable bonds is 4. The Morgan fingerprint density at radius 3 is 3.04 bits per heavy atom. The van der Waals surface area contributed by atoms with Crippen LogP contribution in [0.1, 0.15) is 29.5 Å². The van der Waals surface area contributed by atoms with Crippen LogP contribution in [-0.2, 0) is 16.1 Å². The Labute approximate surface area is 137 Å². The van der Waals surface area contributed by atoms with E-state index in [9.17, 15) is 9.59 Å². The minimum absolute atomic E-state index is 0.000109. The topological polar surface area (TPSA) is 73.8 Å². The van der Waals surface area contributed by atoms with Crippen molar-refractivity contribution in [3.63, 3.8) is 0 Å². The zero-order chi connectivity index (χ0) is 16.7. The van der Waals surface area contributed by atoms with Gasteiger partial charge >= 0.3 is 5.97 Å². The fourth-order valence-electron chi connectivity index (χ4n) is 2.96. The highest BCUT2D eigenvalue weighted by molar-refractivity contribution is 5.77. The molecule has 1 fully saturated rings. The molecule has 3 heterocycles. The first kappa shape index (κ1) is 14.7. The molecule has 2 atom stereocenters. The van der Waals surface area contributed by atoms with Gasteiger partial charge in [0, 0.05) is 17.7 Å². The summed E-state index contributed by atoms with van der Waals surface area (Å²) in [6.45, 7) is 1.84. The van der Waals surface area contributed by atoms with Crippen LogP contribution < -0.4 is 5.56 Å². The van der Waals surface area contributed by atoms with E-state index < -0.39 is 0 Å². The smallest absolute Gasteiger partial charge is 0.310 e. The molecule has 0 bridgehead atoms. The molecule has 4 rings (SSSR count). The Balaban J connectivity index is 1.46. The summed E-state index contributed by atoms with van der Waals surface area (Å²) in [6, 6.07) is 10.5. The van der Waals surface area contributed by atoms with Gasteiger partial charge < -0.3 is 9.15 Å². The Morgan fingerprint density at radius 2 is 2.25 bits per heavy atom. The molecule has 1 aliphatic carbocycles. The lowest BCUT2D eigenvalue weighted by Gasteiger charge is -2.07. The lowest BCUT2D eigenvalue weighted by Crippen LogP contribution is -2.18. The second-order valence-electron chi connectivity index (χ2n) is 6.02. The van der Waals surface area contributed by atoms with Crippen molar-refractivity contribution in [2.75, 3.05) is 0 Å². The second kappa shape index (κ2) is 5.63. The summed E-state index contributed by atoms with van der Waals surface area (Å²) in [7, 11) is 0. The van der Waals surface area contributed by atoms with E-state index in [0.717, 1.165) is 17.9 Å². The predicted octanol–water partition coefficient (Wildman–Crippen LogP) is 2.44. The van der Waals surface area contributed by atoms with Crippen molar-refractivity contribution in [3.8, 4) is 0 Å². The molecular formula is C18H16N2O4. The Kier molecular flexibility index (Phi) is 3.45. The van der Waals surface area contributed by atoms with Crippen molar-refractivity contribution >= 4 is 11.6 Å². The normalized spacial score (nSPS) is 19.4. The lowest BCUT2D eigenvalue weighted by atomic mass is 10.2. The van der Waals surface area contributed by atoms with Crippen LogP contribution in [0.5, 0.6) is 0 Å². The van der Waals surface area contributed by atoms with Crippen LogP contribution >= 0.6 is 0 Å². The summed E-state index contributed by atoms with van der Waals surface area (Å²) in [5.74, 6) is 0.474. The second-order valence-corrected chi connectivity index (χ2v) is 6.02. The number of pyridine rings is 1. The fraction of sp³-hybridized carbons (Fsp3) is 0.278. The van der Waals surface area contributed by atoms with Crippen LogP contribution in [0.3, 0.4) is 0 Å². The summed E-state index contributed by atoms with van der Waals surface area (Å²) in [5, 5.41) is 0. The first-order chi connectivity index (χ1) is 11.6. The third-order valence-corrected chi connectivity index (χ3v) is 4.30. The zero-order valence-electron chi connectivity index (χ0n) is 13.1. The minimum Gasteiger partial charge on any atom is -0.469 e. The van der Waals surface area contributed by atoms with E-state index >= 15 is 0 Å². The molecule has 0 aromatic carbocycles. The first-order valence-corrected chi connectivity index (χ1v) is 7.82. The van der Waals surface area contributed by atoms with Gasteiger partial charge in [0.15, 0.2) is 0 Å². The van der Waals surface area contributed by atoms with Gasteiger partial charge in [-0.2, -0.15) is 0 Å². The molecule has 0 N–H and O–H groups in total. The van der Waals surface area contributed by atoms with Crippen LogP contribution in [0.2, 0.25) is 0 Å². The summed E-state index contributed by atoms with van der Waals surface area (Å²) in [4.78, 5) is 28.7. The lowest BCUT2D eigenvalue weighted by molar-refractivity contribution is -0.146. The third-order valence-electron chi connectivity index (χ3n) is 4.30. The Bertz CT molecular complexity index is 959. The number of aromatic nitrogens is 2. The molecule has 3 aromatic heterocycles. The number of aryl methyl sites for hydroxylation is 1. The first-order valence-electron chi connectivity index (χ1n) is 7.82. The number of hydrogen-bond acceptors (Lipinski definition) is 5. The van der Waals surface area contributed by atoms with Crippen LogP contribution in [0, 0.1) is 12.8 Å². The number of esters is 1. The SMILES string of the molecule is Cc1cccc2nc(COC(=O)[C@H]3C[C@@H]3c3ccco3)cc(=O)n12. The van der Waals surface area contributed by atoms with Crippen LogP contribution in [-0.4, -0.2) is 15.4 Å². The maximum Gasteiger partial charge on any atom is 0.310 e. The van der Waals surface area contributed by atoms with Gasteiger partial charge in [-0.3, -0.25) is 14.0 Å². The standard InChI is InChI=1S/C18H16N2O4/c1-11-4-2-6-16-19-12(8-17(21)20(11)16)10-24-18(22)14-9-13(14)15-5-3-7-23-15/h2-8,13-14H,9-10H2,1H3/t13-,14-/m0/s1. The van der Waals surface area contributed by atoms with E-state index in [0.29, 0.717) is 11.3 Å². The fourth-order valence-corrected chi connectivity index (χ4v) is 2.96. The number of carbonyl (C=O) groups excluding carboxylic acids is 1. The quantitative estimate of drug-likeness (QED) is 0.689. The molecule has 0 spiro atoms. The van der Waals surface area contributed by atoms with Gasteiger partial charge in [-0.05, 0) is 37.6 Å². The molecule has 6 nitrogen and oxygen atoms in total. The van der Waals surface area contributed by atoms with E-state index in [1.54, 1.807) is 12.3 Å². The number of carbonyl (C=O) groups is 1. The molecule has 24 heavy (non-hydrogen) atoms. The molecule has 0 amide bonds. The van der Waals surface area contributed by atoms with Crippen molar-refractivity contribution in [1.82, 2.24) is 9.38 Å². The monoisotopic (exact) mass is 324 g/mol. The van der Waals surface area contributed by atoms with Crippen LogP contribution in [0.15, 0.2) is 51.9 Å². The summed E-state index contributed by atoms with van der Waals surface area (Å²) in [6.07, 6.45) is 2.34. The molecular weight excluding hydrogens is 308 g/mol. The van der Waals surface area contributed by atoms with E-state index in [4.69, 9.17) is 9.15 Å². The predicted molar refractivity (Wildman–Crippen MR) is 85.6 cm³/mol. The van der Waals surface area contributed by atoms with Crippen molar-refractivity contribution < 1.29 is 13.9 Å². The number of furan rings is 1. The maximum absolute atomic E-state index is 12.2. The molecule has 0 aliphatic heterocycles. The molecule has 0 unspecified atom stereocenters. The van der Waals surface area contributed by atoms with Gasteiger partial charge in [0.1, 0.15) is 18.0 Å². The highest BCUT2D eigenvalue weighted by atomic mass is 16.5. The highest BCUT2D eigenvalue weighted by Crippen LogP contribution is 2.48. The largest absolute Gasteiger partial charge is 0.469 e. The van der Waals surface area contributed by atoms with Gasteiger partial charge in [0.05, 0.1) is 17.9 Å². The van der Waals surface area contributed by atoms with E-state index in [1.165, 1.54) is 10.5 Å². The van der Waals surface area contributed by atoms with Gasteiger partial charge in [-0.25, -0.2) is 4.98 Å². The van der Waals surface area contributed by atoms with Crippen molar-refractivity contribution in [1.29, 1.82) is 0 Å². The molecule has 0 saturated heterocycles. The van der Waals surface area contributed by atoms with Crippen LogP contribution in [0.25, 0.3) is 5.65 Å². The Hall–Kier alpha value is -2.89. The van der Waals surface area contributed by atoms with Gasteiger partial charge in [0.2, 0.25) is 0 Å². The average Bonchev–Trinajstić information content (AvgIpc) is 3.18. The molecule has 3 aromatic rings. The molecule has 0 radical (unpaired) electrons. The molecule has 1 saturated carbocycles. The van der Waals surface area contributed by atoms with E-state index in [1.807, 2.05) is 31.2 Å². The highest BCUT2D eigenvalue weighted by Gasteiger charge is 2.47. The zero-order valence-corrected chi connectivity index (χ0v) is 13.1. The maximum atomic E-state index is 12.2. The average molecular weight is 324 g/mol. The number of nitrogens with zero attached hydrogens (tertiary/aromatic N) is 2. The van der Waals surface area contributed by atoms with Crippen LogP contribution in [0.4, 0.5) is 0 Å². The number of hydrogen-bond donors (Lipinski definition) is 0. The van der Waals surface area contributed by atoms with Gasteiger partial charge in [-0.1, -0.05) is 6.07 Å². The Morgan fingerprint density at radius 1 is 1.38 bits per heavy atom. The van der Waals surface area contributed by atoms with E-state index in [-0.39, 0.29) is 30.0 Å². The van der Waals surface area contributed by atoms with Gasteiger partial charge in [-0.15, -0.1) is 0 Å². The minimum atomic E-state index is -0.275. The van der Waals surface area contributed by atoms with E-state index in [2.05, 4.69) is 4.98 Å². The third kappa shape index (κ3) is 2.60. The molecule has 1 aliphatic rings. The number of ether oxygens (including phenoxy) is 1.